The van der Waals surface area contributed by atoms with Gasteiger partial charge in [0, 0.05) is 12.2 Å². The third-order valence-corrected chi connectivity index (χ3v) is 4.12. The second kappa shape index (κ2) is 7.06. The van der Waals surface area contributed by atoms with E-state index in [4.69, 9.17) is 4.42 Å². The number of anilines is 1. The van der Waals surface area contributed by atoms with Crippen LogP contribution in [0.2, 0.25) is 0 Å². The lowest BCUT2D eigenvalue weighted by atomic mass is 10.2. The molecule has 0 saturated carbocycles. The van der Waals surface area contributed by atoms with Gasteiger partial charge >= 0.3 is 0 Å². The predicted octanol–water partition coefficient (Wildman–Crippen LogP) is 2.14. The maximum Gasteiger partial charge on any atom is 0.258 e. The number of carbonyl (C=O) groups is 1. The fourth-order valence-corrected chi connectivity index (χ4v) is 2.84. The zero-order chi connectivity index (χ0) is 16.0. The van der Waals surface area contributed by atoms with Gasteiger partial charge in [-0.3, -0.25) is 4.79 Å². The Kier molecular flexibility index (Phi) is 5.13. The van der Waals surface area contributed by atoms with Crippen molar-refractivity contribution in [1.82, 2.24) is 4.72 Å². The number of nitrogens with one attached hydrogen (secondary N) is 2. The summed E-state index contributed by atoms with van der Waals surface area (Å²) in [6.45, 7) is 3.65. The molecular formula is C15H16N2O4S. The average Bonchev–Trinajstić information content (AvgIpc) is 3.01. The topological polar surface area (TPSA) is 88.4 Å². The Morgan fingerprint density at radius 2 is 1.95 bits per heavy atom. The predicted molar refractivity (Wildman–Crippen MR) is 83.9 cm³/mol. The standard InChI is InChI=1S/C15H16N2O4S/c1-2-8-16-22(19,20)11-12-3-5-14(6-4-12)17-15(18)13-7-9-21-10-13/h2-7,9-10,16H,1,8,11H2,(H,17,18). The minimum Gasteiger partial charge on any atom is -0.472 e. The highest BCUT2D eigenvalue weighted by atomic mass is 32.2. The summed E-state index contributed by atoms with van der Waals surface area (Å²) < 4.78 is 30.7. The van der Waals surface area contributed by atoms with Crippen molar-refractivity contribution in [3.8, 4) is 0 Å². The molecule has 0 spiro atoms. The number of rotatable bonds is 7. The first-order valence-corrected chi connectivity index (χ1v) is 8.16. The monoisotopic (exact) mass is 320 g/mol. The Labute approximate surface area is 128 Å². The highest BCUT2D eigenvalue weighted by Crippen LogP contribution is 2.13. The van der Waals surface area contributed by atoms with Gasteiger partial charge in [0.1, 0.15) is 6.26 Å². The summed E-state index contributed by atoms with van der Waals surface area (Å²) >= 11 is 0. The van der Waals surface area contributed by atoms with Gasteiger partial charge in [-0.2, -0.15) is 0 Å². The van der Waals surface area contributed by atoms with Crippen molar-refractivity contribution >= 4 is 21.6 Å². The summed E-state index contributed by atoms with van der Waals surface area (Å²) in [4.78, 5) is 11.8. The van der Waals surface area contributed by atoms with E-state index >= 15 is 0 Å². The molecule has 0 unspecified atom stereocenters. The zero-order valence-electron chi connectivity index (χ0n) is 11.8. The van der Waals surface area contributed by atoms with Gasteiger partial charge in [-0.05, 0) is 23.8 Å². The Balaban J connectivity index is 1.98. The fourth-order valence-electron chi connectivity index (χ4n) is 1.74. The third-order valence-electron chi connectivity index (χ3n) is 2.80. The van der Waals surface area contributed by atoms with Crippen molar-refractivity contribution in [2.45, 2.75) is 5.75 Å². The SMILES string of the molecule is C=CCNS(=O)(=O)Cc1ccc(NC(=O)c2ccoc2)cc1. The molecule has 2 N–H and O–H groups in total. The van der Waals surface area contributed by atoms with E-state index in [-0.39, 0.29) is 18.2 Å². The molecule has 1 aromatic heterocycles. The van der Waals surface area contributed by atoms with E-state index in [1.807, 2.05) is 0 Å². The number of benzene rings is 1. The molecule has 2 rings (SSSR count). The molecule has 2 aromatic rings. The Morgan fingerprint density at radius 3 is 2.55 bits per heavy atom. The summed E-state index contributed by atoms with van der Waals surface area (Å²) in [5, 5.41) is 2.69. The quantitative estimate of drug-likeness (QED) is 0.765. The average molecular weight is 320 g/mol. The van der Waals surface area contributed by atoms with Crippen molar-refractivity contribution < 1.29 is 17.6 Å². The maximum atomic E-state index is 11.8. The van der Waals surface area contributed by atoms with Crippen LogP contribution in [0.25, 0.3) is 0 Å². The summed E-state index contributed by atoms with van der Waals surface area (Å²) in [6.07, 6.45) is 4.24. The van der Waals surface area contributed by atoms with E-state index in [2.05, 4.69) is 16.6 Å². The smallest absolute Gasteiger partial charge is 0.258 e. The number of amides is 1. The molecule has 0 bridgehead atoms. The van der Waals surface area contributed by atoms with E-state index in [9.17, 15) is 13.2 Å². The van der Waals surface area contributed by atoms with Gasteiger partial charge in [0.25, 0.3) is 5.91 Å². The minimum absolute atomic E-state index is 0.128. The van der Waals surface area contributed by atoms with Crippen LogP contribution in [-0.4, -0.2) is 20.9 Å². The Morgan fingerprint density at radius 1 is 1.23 bits per heavy atom. The molecule has 1 amide bonds. The van der Waals surface area contributed by atoms with Crippen LogP contribution in [-0.2, 0) is 15.8 Å². The molecule has 0 saturated heterocycles. The van der Waals surface area contributed by atoms with Crippen molar-refractivity contribution in [2.24, 2.45) is 0 Å². The molecule has 22 heavy (non-hydrogen) atoms. The first-order valence-electron chi connectivity index (χ1n) is 6.51. The van der Waals surface area contributed by atoms with Crippen molar-refractivity contribution in [3.05, 3.63) is 66.6 Å². The third kappa shape index (κ3) is 4.57. The molecule has 0 aliphatic carbocycles. The van der Waals surface area contributed by atoms with Crippen LogP contribution in [0.1, 0.15) is 15.9 Å². The lowest BCUT2D eigenvalue weighted by molar-refractivity contribution is 0.102. The van der Waals surface area contributed by atoms with Crippen LogP contribution in [0.5, 0.6) is 0 Å². The van der Waals surface area contributed by atoms with Gasteiger partial charge in [-0.25, -0.2) is 13.1 Å². The van der Waals surface area contributed by atoms with E-state index in [1.54, 1.807) is 30.3 Å². The number of furan rings is 1. The normalized spacial score (nSPS) is 11.1. The summed E-state index contributed by atoms with van der Waals surface area (Å²) in [6, 6.07) is 8.16. The van der Waals surface area contributed by atoms with E-state index in [0.717, 1.165) is 0 Å². The molecule has 0 aliphatic heterocycles. The second-order valence-corrected chi connectivity index (χ2v) is 6.37. The minimum atomic E-state index is -3.39. The van der Waals surface area contributed by atoms with E-state index < -0.39 is 10.0 Å². The van der Waals surface area contributed by atoms with Crippen molar-refractivity contribution in [3.63, 3.8) is 0 Å². The highest BCUT2D eigenvalue weighted by molar-refractivity contribution is 7.88. The van der Waals surface area contributed by atoms with Crippen LogP contribution >= 0.6 is 0 Å². The number of hydrogen-bond acceptors (Lipinski definition) is 4. The summed E-state index contributed by atoms with van der Waals surface area (Å²) in [5.41, 5.74) is 1.62. The summed E-state index contributed by atoms with van der Waals surface area (Å²) in [7, 11) is -3.39. The van der Waals surface area contributed by atoms with Crippen molar-refractivity contribution in [2.75, 3.05) is 11.9 Å². The lowest BCUT2D eigenvalue weighted by Gasteiger charge is -2.07. The molecular weight excluding hydrogens is 304 g/mol. The van der Waals surface area contributed by atoms with Crippen LogP contribution in [0.4, 0.5) is 5.69 Å². The van der Waals surface area contributed by atoms with Crippen LogP contribution in [0, 0.1) is 0 Å². The molecule has 1 heterocycles. The molecule has 7 heteroatoms. The second-order valence-electron chi connectivity index (χ2n) is 4.56. The highest BCUT2D eigenvalue weighted by Gasteiger charge is 2.11. The van der Waals surface area contributed by atoms with Crippen LogP contribution in [0.3, 0.4) is 0 Å². The summed E-state index contributed by atoms with van der Waals surface area (Å²) in [5.74, 6) is -0.418. The zero-order valence-corrected chi connectivity index (χ0v) is 12.6. The van der Waals surface area contributed by atoms with Gasteiger partial charge in [0.15, 0.2) is 0 Å². The molecule has 6 nitrogen and oxygen atoms in total. The van der Waals surface area contributed by atoms with Gasteiger partial charge in [0.05, 0.1) is 17.6 Å². The maximum absolute atomic E-state index is 11.8. The molecule has 1 aromatic carbocycles. The molecule has 116 valence electrons. The Hall–Kier alpha value is -2.38. The molecule has 0 atom stereocenters. The van der Waals surface area contributed by atoms with Gasteiger partial charge in [0.2, 0.25) is 10.0 Å². The molecule has 0 fully saturated rings. The largest absolute Gasteiger partial charge is 0.472 e. The lowest BCUT2D eigenvalue weighted by Crippen LogP contribution is -2.25. The van der Waals surface area contributed by atoms with Crippen molar-refractivity contribution in [1.29, 1.82) is 0 Å². The molecule has 0 aliphatic rings. The van der Waals surface area contributed by atoms with E-state index in [1.165, 1.54) is 18.6 Å². The molecule has 0 radical (unpaired) electrons. The first kappa shape index (κ1) is 16.0. The Bertz CT molecular complexity index is 734. The van der Waals surface area contributed by atoms with Gasteiger partial charge in [-0.15, -0.1) is 6.58 Å². The van der Waals surface area contributed by atoms with Gasteiger partial charge in [-0.1, -0.05) is 18.2 Å². The van der Waals surface area contributed by atoms with Crippen LogP contribution in [0.15, 0.2) is 59.9 Å². The van der Waals surface area contributed by atoms with Crippen LogP contribution < -0.4 is 10.0 Å². The number of hydrogen-bond donors (Lipinski definition) is 2. The number of sulfonamides is 1. The fraction of sp³-hybridized carbons (Fsp3) is 0.133. The van der Waals surface area contributed by atoms with E-state index in [0.29, 0.717) is 16.8 Å². The number of carbonyl (C=O) groups excluding carboxylic acids is 1. The first-order chi connectivity index (χ1) is 10.5. The van der Waals surface area contributed by atoms with Gasteiger partial charge < -0.3 is 9.73 Å².